The summed E-state index contributed by atoms with van der Waals surface area (Å²) in [6, 6.07) is 33.2. The van der Waals surface area contributed by atoms with Crippen LogP contribution in [0.2, 0.25) is 10.0 Å². The summed E-state index contributed by atoms with van der Waals surface area (Å²) in [5, 5.41) is 12.5. The number of benzene rings is 4. The van der Waals surface area contributed by atoms with E-state index in [1.54, 1.807) is 49.5 Å². The van der Waals surface area contributed by atoms with Gasteiger partial charge in [-0.25, -0.2) is 0 Å². The van der Waals surface area contributed by atoms with Gasteiger partial charge in [-0.3, -0.25) is 9.79 Å². The molecule has 0 unspecified atom stereocenters. The topological polar surface area (TPSA) is 66.6 Å². The van der Waals surface area contributed by atoms with E-state index in [2.05, 4.69) is 0 Å². The van der Waals surface area contributed by atoms with Crippen LogP contribution in [-0.4, -0.2) is 30.2 Å². The molecule has 0 aromatic heterocycles. The number of halogens is 2. The van der Waals surface area contributed by atoms with Gasteiger partial charge in [0.1, 0.15) is 0 Å². The third kappa shape index (κ3) is 5.48. The number of aliphatic imine (C=N–C) groups is 1. The highest BCUT2D eigenvalue weighted by Crippen LogP contribution is 2.36. The van der Waals surface area contributed by atoms with Crippen molar-refractivity contribution < 1.29 is 9.53 Å². The highest BCUT2D eigenvalue weighted by atomic mass is 35.5. The first-order chi connectivity index (χ1) is 19.0. The third-order valence-corrected chi connectivity index (χ3v) is 6.62. The van der Waals surface area contributed by atoms with E-state index in [0.717, 1.165) is 11.1 Å². The van der Waals surface area contributed by atoms with Crippen LogP contribution in [0.5, 0.6) is 0 Å². The van der Waals surface area contributed by atoms with Crippen molar-refractivity contribution in [3.05, 3.63) is 130 Å². The van der Waals surface area contributed by atoms with Crippen molar-refractivity contribution in [1.82, 2.24) is 0 Å². The zero-order valence-electron chi connectivity index (χ0n) is 21.0. The standard InChI is InChI=1S/C31H24Cl2N4O2/c1-2-39-30(38)31(21-34-26-17-13-24(32)14-18-26)28(22-9-5-3-6-10-22)35-37(27-19-15-25(33)16-20-27)36-29(31)23-11-7-4-8-12-23/h3-21H,2H2,1H3. The van der Waals surface area contributed by atoms with Crippen molar-refractivity contribution in [2.45, 2.75) is 6.92 Å². The first kappa shape index (κ1) is 26.4. The van der Waals surface area contributed by atoms with E-state index in [0.29, 0.717) is 32.8 Å². The number of carbonyl (C=O) groups excluding carboxylic acids is 1. The third-order valence-electron chi connectivity index (χ3n) is 6.12. The van der Waals surface area contributed by atoms with Gasteiger partial charge in [0.25, 0.3) is 0 Å². The molecule has 0 spiro atoms. The molecule has 4 aromatic rings. The molecule has 0 N–H and O–H groups in total. The number of rotatable bonds is 7. The van der Waals surface area contributed by atoms with Gasteiger partial charge in [0, 0.05) is 16.3 Å². The Kier molecular flexibility index (Phi) is 7.87. The Morgan fingerprint density at radius 2 is 1.28 bits per heavy atom. The first-order valence-electron chi connectivity index (χ1n) is 12.3. The normalized spacial score (nSPS) is 14.6. The van der Waals surface area contributed by atoms with E-state index in [4.69, 9.17) is 43.1 Å². The van der Waals surface area contributed by atoms with Gasteiger partial charge in [-0.15, -0.1) is 0 Å². The first-order valence-corrected chi connectivity index (χ1v) is 13.1. The van der Waals surface area contributed by atoms with Gasteiger partial charge in [-0.2, -0.15) is 15.3 Å². The molecule has 0 saturated carbocycles. The summed E-state index contributed by atoms with van der Waals surface area (Å²) in [7, 11) is 0. The Hall–Kier alpha value is -4.26. The Morgan fingerprint density at radius 3 is 1.77 bits per heavy atom. The molecule has 39 heavy (non-hydrogen) atoms. The Balaban J connectivity index is 1.81. The maximum absolute atomic E-state index is 14.1. The average molecular weight is 555 g/mol. The number of hydrogen-bond donors (Lipinski definition) is 0. The smallest absolute Gasteiger partial charge is 0.330 e. The molecule has 0 bridgehead atoms. The van der Waals surface area contributed by atoms with E-state index in [1.807, 2.05) is 72.8 Å². The van der Waals surface area contributed by atoms with Crippen molar-refractivity contribution in [3.63, 3.8) is 0 Å². The van der Waals surface area contributed by atoms with Crippen LogP contribution in [0, 0.1) is 5.41 Å². The minimum absolute atomic E-state index is 0.167. The number of hydrazone groups is 2. The molecule has 6 nitrogen and oxygen atoms in total. The second kappa shape index (κ2) is 11.6. The van der Waals surface area contributed by atoms with E-state index >= 15 is 0 Å². The van der Waals surface area contributed by atoms with Crippen molar-refractivity contribution in [3.8, 4) is 0 Å². The average Bonchev–Trinajstić information content (AvgIpc) is 2.98. The Bertz CT molecular complexity index is 1480. The van der Waals surface area contributed by atoms with Crippen LogP contribution in [0.25, 0.3) is 0 Å². The summed E-state index contributed by atoms with van der Waals surface area (Å²) in [5.74, 6) is -0.538. The minimum atomic E-state index is -1.57. The second-order valence-electron chi connectivity index (χ2n) is 8.66. The maximum Gasteiger partial charge on any atom is 0.330 e. The van der Waals surface area contributed by atoms with Gasteiger partial charge in [0.2, 0.25) is 0 Å². The van der Waals surface area contributed by atoms with Crippen LogP contribution in [0.4, 0.5) is 11.4 Å². The zero-order valence-corrected chi connectivity index (χ0v) is 22.5. The molecule has 1 heterocycles. The van der Waals surface area contributed by atoms with Gasteiger partial charge in [0.05, 0.1) is 29.4 Å². The number of nitrogens with zero attached hydrogens (tertiary/aromatic N) is 4. The lowest BCUT2D eigenvalue weighted by atomic mass is 9.73. The zero-order chi connectivity index (χ0) is 27.2. The van der Waals surface area contributed by atoms with Crippen molar-refractivity contribution >= 4 is 58.2 Å². The molecule has 4 aromatic carbocycles. The highest BCUT2D eigenvalue weighted by molar-refractivity contribution is 6.43. The van der Waals surface area contributed by atoms with Crippen molar-refractivity contribution in [1.29, 1.82) is 0 Å². The van der Waals surface area contributed by atoms with Crippen LogP contribution < -0.4 is 5.12 Å². The predicted molar refractivity (Wildman–Crippen MR) is 159 cm³/mol. The molecule has 0 radical (unpaired) electrons. The molecule has 8 heteroatoms. The summed E-state index contributed by atoms with van der Waals surface area (Å²) in [4.78, 5) is 18.8. The lowest BCUT2D eigenvalue weighted by Gasteiger charge is -2.36. The van der Waals surface area contributed by atoms with Crippen LogP contribution in [0.3, 0.4) is 0 Å². The highest BCUT2D eigenvalue weighted by Gasteiger charge is 2.52. The molecule has 0 fully saturated rings. The van der Waals surface area contributed by atoms with Crippen LogP contribution >= 0.6 is 23.2 Å². The van der Waals surface area contributed by atoms with Gasteiger partial charge in [-0.05, 0) is 66.6 Å². The van der Waals surface area contributed by atoms with Crippen LogP contribution in [0.15, 0.2) is 124 Å². The molecular weight excluding hydrogens is 531 g/mol. The van der Waals surface area contributed by atoms with E-state index < -0.39 is 11.4 Å². The molecule has 5 rings (SSSR count). The minimum Gasteiger partial charge on any atom is -0.465 e. The number of carbonyl (C=O) groups is 1. The largest absolute Gasteiger partial charge is 0.465 e. The Labute approximate surface area is 236 Å². The monoisotopic (exact) mass is 554 g/mol. The second-order valence-corrected chi connectivity index (χ2v) is 9.53. The number of ether oxygens (including phenoxy) is 1. The summed E-state index contributed by atoms with van der Waals surface area (Å²) in [6.45, 7) is 1.93. The molecular formula is C31H24Cl2N4O2. The Morgan fingerprint density at radius 1 is 0.795 bits per heavy atom. The van der Waals surface area contributed by atoms with Crippen molar-refractivity contribution in [2.24, 2.45) is 20.6 Å². The molecule has 0 amide bonds. The van der Waals surface area contributed by atoms with Gasteiger partial charge >= 0.3 is 5.97 Å². The fraction of sp³-hybridized carbons (Fsp3) is 0.0968. The fourth-order valence-corrected chi connectivity index (χ4v) is 4.50. The molecule has 0 atom stereocenters. The number of anilines is 1. The lowest BCUT2D eigenvalue weighted by Crippen LogP contribution is -2.53. The number of esters is 1. The lowest BCUT2D eigenvalue weighted by molar-refractivity contribution is -0.145. The summed E-state index contributed by atoms with van der Waals surface area (Å²) >= 11 is 12.2. The summed E-state index contributed by atoms with van der Waals surface area (Å²) in [5.41, 5.74) is 2.00. The number of hydrogen-bond acceptors (Lipinski definition) is 6. The quantitative estimate of drug-likeness (QED) is 0.175. The maximum atomic E-state index is 14.1. The molecule has 1 aliphatic heterocycles. The van der Waals surface area contributed by atoms with Gasteiger partial charge in [-0.1, -0.05) is 83.9 Å². The van der Waals surface area contributed by atoms with E-state index in [9.17, 15) is 4.79 Å². The summed E-state index contributed by atoms with van der Waals surface area (Å²) in [6.07, 6.45) is 1.57. The molecule has 1 aliphatic rings. The van der Waals surface area contributed by atoms with E-state index in [1.165, 1.54) is 5.12 Å². The molecule has 0 aliphatic carbocycles. The SMILES string of the molecule is CCOC(=O)C1(C=Nc2ccc(Cl)cc2)C(c2ccccc2)=NN(c2ccc(Cl)cc2)N=C1c1ccccc1. The van der Waals surface area contributed by atoms with Gasteiger partial charge in [0.15, 0.2) is 5.41 Å². The van der Waals surface area contributed by atoms with Crippen LogP contribution in [0.1, 0.15) is 18.1 Å². The molecule has 194 valence electrons. The van der Waals surface area contributed by atoms with Crippen molar-refractivity contribution in [2.75, 3.05) is 11.7 Å². The van der Waals surface area contributed by atoms with Gasteiger partial charge < -0.3 is 4.74 Å². The van der Waals surface area contributed by atoms with Crippen LogP contribution in [-0.2, 0) is 9.53 Å². The molecule has 0 saturated heterocycles. The summed E-state index contributed by atoms with van der Waals surface area (Å²) < 4.78 is 5.70. The predicted octanol–water partition coefficient (Wildman–Crippen LogP) is 7.57. The fourth-order valence-electron chi connectivity index (χ4n) is 4.25. The van der Waals surface area contributed by atoms with E-state index in [-0.39, 0.29) is 6.61 Å².